The van der Waals surface area contributed by atoms with E-state index in [-0.39, 0.29) is 12.3 Å². The Kier molecular flexibility index (Phi) is 4.92. The van der Waals surface area contributed by atoms with Gasteiger partial charge < -0.3 is 9.84 Å². The zero-order valence-electron chi connectivity index (χ0n) is 17.1. The number of aliphatic hydroxyl groups is 1. The van der Waals surface area contributed by atoms with Crippen LogP contribution in [-0.4, -0.2) is 59.3 Å². The van der Waals surface area contributed by atoms with Crippen molar-refractivity contribution >= 4 is 17.5 Å². The molecule has 0 aliphatic carbocycles. The van der Waals surface area contributed by atoms with Crippen molar-refractivity contribution in [3.63, 3.8) is 0 Å². The summed E-state index contributed by atoms with van der Waals surface area (Å²) < 4.78 is 46.4. The van der Waals surface area contributed by atoms with Crippen molar-refractivity contribution in [1.82, 2.24) is 4.90 Å². The van der Waals surface area contributed by atoms with Crippen molar-refractivity contribution in [3.05, 3.63) is 29.3 Å². The summed E-state index contributed by atoms with van der Waals surface area (Å²) in [5.41, 5.74) is -3.91. The van der Waals surface area contributed by atoms with Gasteiger partial charge in [0.1, 0.15) is 0 Å². The molecule has 3 aliphatic heterocycles. The maximum atomic E-state index is 13.4. The van der Waals surface area contributed by atoms with Gasteiger partial charge >= 0.3 is 6.18 Å². The van der Waals surface area contributed by atoms with E-state index < -0.39 is 52.2 Å². The third-order valence-corrected chi connectivity index (χ3v) is 6.48. The Bertz CT molecular complexity index is 955. The number of fused-ring (bicyclic) bond motifs is 5. The lowest BCUT2D eigenvalue weighted by Crippen LogP contribution is -2.58. The van der Waals surface area contributed by atoms with Gasteiger partial charge in [0.05, 0.1) is 45.9 Å². The number of morpholine rings is 1. The number of likely N-dealkylation sites (tertiary alicyclic amines) is 1. The van der Waals surface area contributed by atoms with Crippen LogP contribution in [0.5, 0.6) is 0 Å². The predicted molar refractivity (Wildman–Crippen MR) is 102 cm³/mol. The molecule has 4 rings (SSSR count). The Labute approximate surface area is 177 Å². The molecule has 0 saturated carbocycles. The monoisotopic (exact) mass is 437 g/mol. The smallest absolute Gasteiger partial charge is 0.396 e. The van der Waals surface area contributed by atoms with Crippen LogP contribution in [-0.2, 0) is 20.5 Å². The van der Waals surface area contributed by atoms with E-state index in [0.717, 1.165) is 11.0 Å². The number of hydrogen-bond acceptors (Lipinski definition) is 6. The second-order valence-electron chi connectivity index (χ2n) is 8.82. The van der Waals surface area contributed by atoms with Crippen molar-refractivity contribution in [2.45, 2.75) is 37.6 Å². The molecule has 0 aromatic heterocycles. The first kappa shape index (κ1) is 21.7. The number of alkyl halides is 3. The zero-order chi connectivity index (χ0) is 22.8. The van der Waals surface area contributed by atoms with Crippen molar-refractivity contribution in [1.29, 1.82) is 5.26 Å². The number of amides is 2. The highest BCUT2D eigenvalue weighted by Crippen LogP contribution is 2.55. The minimum Gasteiger partial charge on any atom is -0.396 e. The van der Waals surface area contributed by atoms with Gasteiger partial charge in [0.2, 0.25) is 11.8 Å². The third kappa shape index (κ3) is 3.23. The number of carbonyl (C=O) groups is 2. The summed E-state index contributed by atoms with van der Waals surface area (Å²) >= 11 is 0. The summed E-state index contributed by atoms with van der Waals surface area (Å²) in [4.78, 5) is 29.6. The van der Waals surface area contributed by atoms with Crippen LogP contribution in [0.4, 0.5) is 18.9 Å². The molecular weight excluding hydrogens is 415 g/mol. The van der Waals surface area contributed by atoms with Crippen LogP contribution in [0, 0.1) is 23.2 Å². The van der Waals surface area contributed by atoms with Crippen molar-refractivity contribution in [2.24, 2.45) is 11.8 Å². The van der Waals surface area contributed by atoms with Gasteiger partial charge in [0.15, 0.2) is 0 Å². The van der Waals surface area contributed by atoms with E-state index in [1.807, 2.05) is 4.90 Å². The molecular formula is C21H22F3N3O4. The molecule has 7 nitrogen and oxygen atoms in total. The number of hydrogen-bond donors (Lipinski definition) is 1. The van der Waals surface area contributed by atoms with E-state index in [1.54, 1.807) is 13.8 Å². The van der Waals surface area contributed by atoms with Gasteiger partial charge in [-0.25, -0.2) is 4.90 Å². The highest BCUT2D eigenvalue weighted by Gasteiger charge is 2.71. The molecule has 3 saturated heterocycles. The second-order valence-corrected chi connectivity index (χ2v) is 8.82. The fraction of sp³-hybridized carbons (Fsp3) is 0.571. The number of nitriles is 1. The molecule has 3 aliphatic rings. The number of anilines is 1. The summed E-state index contributed by atoms with van der Waals surface area (Å²) in [6.45, 7) is 4.84. The first-order chi connectivity index (χ1) is 14.4. The van der Waals surface area contributed by atoms with Gasteiger partial charge in [-0.15, -0.1) is 0 Å². The second kappa shape index (κ2) is 7.02. The van der Waals surface area contributed by atoms with Gasteiger partial charge in [0, 0.05) is 26.2 Å². The predicted octanol–water partition coefficient (Wildman–Crippen LogP) is 1.93. The number of carbonyl (C=O) groups excluding carboxylic acids is 2. The molecule has 166 valence electrons. The lowest BCUT2D eigenvalue weighted by Gasteiger charge is -2.45. The van der Waals surface area contributed by atoms with Crippen LogP contribution in [0.3, 0.4) is 0 Å². The highest BCUT2D eigenvalue weighted by atomic mass is 19.4. The van der Waals surface area contributed by atoms with Crippen LogP contribution in [0.2, 0.25) is 0 Å². The lowest BCUT2D eigenvalue weighted by atomic mass is 9.79. The van der Waals surface area contributed by atoms with E-state index in [1.165, 1.54) is 12.1 Å². The van der Waals surface area contributed by atoms with E-state index >= 15 is 0 Å². The average Bonchev–Trinajstić information content (AvgIpc) is 3.05. The Morgan fingerprint density at radius 1 is 1.19 bits per heavy atom. The van der Waals surface area contributed by atoms with Crippen LogP contribution in [0.15, 0.2) is 18.2 Å². The summed E-state index contributed by atoms with van der Waals surface area (Å²) in [6, 6.07) is 4.35. The molecule has 0 radical (unpaired) electrons. The number of benzene rings is 1. The van der Waals surface area contributed by atoms with Crippen LogP contribution < -0.4 is 4.90 Å². The number of halogens is 3. The van der Waals surface area contributed by atoms with E-state index in [0.29, 0.717) is 32.1 Å². The third-order valence-electron chi connectivity index (χ3n) is 6.48. The average molecular weight is 437 g/mol. The molecule has 0 spiro atoms. The molecule has 3 fully saturated rings. The quantitative estimate of drug-likeness (QED) is 0.724. The van der Waals surface area contributed by atoms with Crippen LogP contribution in [0.1, 0.15) is 31.4 Å². The summed E-state index contributed by atoms with van der Waals surface area (Å²) in [5, 5.41) is 18.1. The van der Waals surface area contributed by atoms with E-state index in [9.17, 15) is 22.8 Å². The maximum Gasteiger partial charge on any atom is 0.417 e. The Hall–Kier alpha value is -2.48. The first-order valence-electron chi connectivity index (χ1n) is 9.98. The lowest BCUT2D eigenvalue weighted by molar-refractivity contribution is -0.169. The van der Waals surface area contributed by atoms with Crippen LogP contribution in [0.25, 0.3) is 0 Å². The number of nitrogens with zero attached hydrogens (tertiary/aromatic N) is 3. The van der Waals surface area contributed by atoms with E-state index in [4.69, 9.17) is 15.1 Å². The summed E-state index contributed by atoms with van der Waals surface area (Å²) in [5.74, 6) is -2.84. The van der Waals surface area contributed by atoms with Crippen molar-refractivity contribution in [2.75, 3.05) is 31.1 Å². The molecule has 3 heterocycles. The van der Waals surface area contributed by atoms with Gasteiger partial charge in [-0.3, -0.25) is 14.5 Å². The molecule has 1 aromatic carbocycles. The van der Waals surface area contributed by atoms with Gasteiger partial charge in [0.25, 0.3) is 0 Å². The molecule has 1 unspecified atom stereocenters. The molecule has 1 aromatic rings. The molecule has 2 bridgehead atoms. The van der Waals surface area contributed by atoms with Gasteiger partial charge in [-0.05, 0) is 38.5 Å². The minimum atomic E-state index is -4.80. The van der Waals surface area contributed by atoms with E-state index in [2.05, 4.69) is 0 Å². The molecule has 1 N–H and O–H groups in total. The van der Waals surface area contributed by atoms with Crippen molar-refractivity contribution < 1.29 is 32.6 Å². The summed E-state index contributed by atoms with van der Waals surface area (Å²) in [7, 11) is 0. The number of imide groups is 1. The molecule has 4 atom stereocenters. The summed E-state index contributed by atoms with van der Waals surface area (Å²) in [6.07, 6.45) is -4.26. The highest BCUT2D eigenvalue weighted by molar-refractivity contribution is 6.23. The Morgan fingerprint density at radius 2 is 1.77 bits per heavy atom. The Morgan fingerprint density at radius 3 is 2.26 bits per heavy atom. The SMILES string of the molecule is CC12CN(CCCO)C[C@@](C)(O1)[C@@H]1C(=O)N(c3ccc(C#N)c(C(F)(F)F)c3)C(=O)[C@@H]12. The normalized spacial score (nSPS) is 33.0. The standard InChI is InChI=1S/C21H22F3N3O4/c1-19-10-26(6-3-7-28)11-20(2,31-19)16-15(19)17(29)27(18(16)30)13-5-4-12(9-25)14(8-13)21(22,23)24/h4-5,8,15-16,28H,3,6-7,10-11H2,1-2H3/t15-,16+,19+,20?/m0/s1. The zero-order valence-corrected chi connectivity index (χ0v) is 17.1. The van der Waals surface area contributed by atoms with Crippen LogP contribution >= 0.6 is 0 Å². The van der Waals surface area contributed by atoms with Crippen molar-refractivity contribution in [3.8, 4) is 6.07 Å². The van der Waals surface area contributed by atoms with Gasteiger partial charge in [-0.1, -0.05) is 0 Å². The number of ether oxygens (including phenoxy) is 1. The fourth-order valence-corrected chi connectivity index (χ4v) is 5.47. The molecule has 31 heavy (non-hydrogen) atoms. The van der Waals surface area contributed by atoms with Gasteiger partial charge in [-0.2, -0.15) is 18.4 Å². The maximum absolute atomic E-state index is 13.4. The molecule has 2 amide bonds. The largest absolute Gasteiger partial charge is 0.417 e. The number of aliphatic hydroxyl groups excluding tert-OH is 1. The fourth-order valence-electron chi connectivity index (χ4n) is 5.47. The topological polar surface area (TPSA) is 93.9 Å². The minimum absolute atomic E-state index is 0.0174. The number of rotatable bonds is 4. The first-order valence-corrected chi connectivity index (χ1v) is 9.98. The molecule has 10 heteroatoms. The Balaban J connectivity index is 1.72.